The van der Waals surface area contributed by atoms with Crippen molar-refractivity contribution in [2.24, 2.45) is 0 Å². The monoisotopic (exact) mass is 368 g/mol. The van der Waals surface area contributed by atoms with Crippen molar-refractivity contribution in [2.75, 3.05) is 5.75 Å². The van der Waals surface area contributed by atoms with E-state index in [2.05, 4.69) is 5.32 Å². The number of hydrogen-bond acceptors (Lipinski definition) is 6. The van der Waals surface area contributed by atoms with E-state index in [1.54, 1.807) is 6.07 Å². The van der Waals surface area contributed by atoms with Crippen LogP contribution >= 0.6 is 23.1 Å². The molecule has 2 aliphatic heterocycles. The van der Waals surface area contributed by atoms with Crippen molar-refractivity contribution >= 4 is 46.9 Å². The van der Waals surface area contributed by atoms with Gasteiger partial charge in [0.15, 0.2) is 0 Å². The van der Waals surface area contributed by atoms with E-state index in [1.165, 1.54) is 11.3 Å². The van der Waals surface area contributed by atoms with E-state index in [0.29, 0.717) is 0 Å². The molecule has 24 heavy (non-hydrogen) atoms. The Hall–Kier alpha value is -2.33. The topological polar surface area (TPSA) is 124 Å². The van der Waals surface area contributed by atoms with Gasteiger partial charge in [-0.15, -0.1) is 23.1 Å². The van der Waals surface area contributed by atoms with Crippen LogP contribution in [0.5, 0.6) is 0 Å². The number of carboxylic acids is 2. The highest BCUT2D eigenvalue weighted by molar-refractivity contribution is 8.00. The van der Waals surface area contributed by atoms with Crippen LogP contribution in [-0.4, -0.2) is 56.0 Å². The number of amides is 2. The molecule has 1 aromatic rings. The molecule has 0 aromatic carbocycles. The van der Waals surface area contributed by atoms with Crippen LogP contribution in [0.25, 0.3) is 0 Å². The summed E-state index contributed by atoms with van der Waals surface area (Å²) in [4.78, 5) is 48.5. The largest absolute Gasteiger partial charge is 0.478 e. The highest BCUT2D eigenvalue weighted by atomic mass is 32.2. The molecule has 2 amide bonds. The van der Waals surface area contributed by atoms with Crippen LogP contribution in [0, 0.1) is 0 Å². The van der Waals surface area contributed by atoms with Gasteiger partial charge in [-0.25, -0.2) is 9.59 Å². The van der Waals surface area contributed by atoms with Gasteiger partial charge >= 0.3 is 11.9 Å². The van der Waals surface area contributed by atoms with Crippen molar-refractivity contribution in [2.45, 2.75) is 17.8 Å². The van der Waals surface area contributed by atoms with Crippen LogP contribution < -0.4 is 5.32 Å². The second-order valence-electron chi connectivity index (χ2n) is 5.15. The fraction of sp³-hybridized carbons (Fsp3) is 0.286. The predicted octanol–water partition coefficient (Wildman–Crippen LogP) is 0.114. The number of aliphatic carboxylic acids is 2. The molecule has 8 nitrogen and oxygen atoms in total. The molecule has 0 aliphatic carbocycles. The van der Waals surface area contributed by atoms with E-state index >= 15 is 0 Å². The lowest BCUT2D eigenvalue weighted by Crippen LogP contribution is -2.70. The lowest BCUT2D eigenvalue weighted by molar-refractivity contribution is -0.151. The smallest absolute Gasteiger partial charge is 0.353 e. The van der Waals surface area contributed by atoms with Crippen LogP contribution in [0.4, 0.5) is 0 Å². The minimum atomic E-state index is -1.46. The molecule has 0 bridgehead atoms. The maximum Gasteiger partial charge on any atom is 0.353 e. The summed E-state index contributed by atoms with van der Waals surface area (Å²) >= 11 is 2.55. The summed E-state index contributed by atoms with van der Waals surface area (Å²) in [6.07, 6.45) is 0.140. The average molecular weight is 368 g/mol. The fourth-order valence-electron chi connectivity index (χ4n) is 2.58. The Kier molecular flexibility index (Phi) is 4.33. The van der Waals surface area contributed by atoms with Gasteiger partial charge in [0.2, 0.25) is 5.91 Å². The molecule has 1 aromatic heterocycles. The van der Waals surface area contributed by atoms with E-state index in [0.717, 1.165) is 21.5 Å². The molecule has 10 heteroatoms. The van der Waals surface area contributed by atoms with E-state index in [9.17, 15) is 24.3 Å². The number of hydrogen-bond donors (Lipinski definition) is 3. The molecule has 126 valence electrons. The van der Waals surface area contributed by atoms with E-state index in [-0.39, 0.29) is 23.7 Å². The highest BCUT2D eigenvalue weighted by Crippen LogP contribution is 2.40. The zero-order valence-electron chi connectivity index (χ0n) is 12.1. The number of carbonyl (C=O) groups excluding carboxylic acids is 2. The van der Waals surface area contributed by atoms with Gasteiger partial charge in [0.05, 0.1) is 12.0 Å². The number of nitrogens with zero attached hydrogens (tertiary/aromatic N) is 1. The van der Waals surface area contributed by atoms with Gasteiger partial charge in [-0.1, -0.05) is 6.07 Å². The Morgan fingerprint density at radius 3 is 2.62 bits per heavy atom. The first-order valence-corrected chi connectivity index (χ1v) is 8.79. The average Bonchev–Trinajstić information content (AvgIpc) is 3.03. The summed E-state index contributed by atoms with van der Waals surface area (Å²) in [5.41, 5.74) is -0.833. The summed E-state index contributed by atoms with van der Waals surface area (Å²) in [7, 11) is 0. The Balaban J connectivity index is 1.73. The Bertz CT molecular complexity index is 757. The molecule has 3 heterocycles. The molecular weight excluding hydrogens is 356 g/mol. The minimum Gasteiger partial charge on any atom is -0.478 e. The fourth-order valence-corrected chi connectivity index (χ4v) is 4.62. The normalized spacial score (nSPS) is 22.7. The van der Waals surface area contributed by atoms with Crippen LogP contribution in [0.3, 0.4) is 0 Å². The molecular formula is C14H12N2O6S2. The van der Waals surface area contributed by atoms with Gasteiger partial charge in [-0.05, 0) is 11.4 Å². The SMILES string of the molecule is O=C(Cc1cccs1)N[C@@H]1C(=O)N2C(C(=O)O)=C(C(=O)O)CS[C@H]12. The second-order valence-corrected chi connectivity index (χ2v) is 7.29. The van der Waals surface area contributed by atoms with Crippen LogP contribution in [0.15, 0.2) is 28.8 Å². The summed E-state index contributed by atoms with van der Waals surface area (Å²) in [5.74, 6) is -3.81. The third kappa shape index (κ3) is 2.78. The van der Waals surface area contributed by atoms with Crippen molar-refractivity contribution in [1.82, 2.24) is 10.2 Å². The molecule has 3 N–H and O–H groups in total. The summed E-state index contributed by atoms with van der Waals surface area (Å²) in [6, 6.07) is 2.78. The summed E-state index contributed by atoms with van der Waals surface area (Å²) in [5, 5.41) is 22.2. The molecule has 3 rings (SSSR count). The summed E-state index contributed by atoms with van der Waals surface area (Å²) in [6.45, 7) is 0. The van der Waals surface area contributed by atoms with Crippen LogP contribution in [0.2, 0.25) is 0 Å². The summed E-state index contributed by atoms with van der Waals surface area (Å²) < 4.78 is 0. The maximum atomic E-state index is 12.2. The van der Waals surface area contributed by atoms with E-state index < -0.39 is 35.0 Å². The van der Waals surface area contributed by atoms with Crippen molar-refractivity contribution < 1.29 is 29.4 Å². The third-order valence-electron chi connectivity index (χ3n) is 3.66. The van der Waals surface area contributed by atoms with Crippen LogP contribution in [0.1, 0.15) is 4.88 Å². The Labute approximate surface area is 144 Å². The second kappa shape index (κ2) is 6.29. The first-order chi connectivity index (χ1) is 11.4. The lowest BCUT2D eigenvalue weighted by atomic mass is 10.0. The third-order valence-corrected chi connectivity index (χ3v) is 5.82. The molecule has 0 radical (unpaired) electrons. The number of fused-ring (bicyclic) bond motifs is 1. The van der Waals surface area contributed by atoms with E-state index in [1.807, 2.05) is 11.4 Å². The van der Waals surface area contributed by atoms with Gasteiger partial charge in [0, 0.05) is 10.6 Å². The van der Waals surface area contributed by atoms with Gasteiger partial charge in [-0.2, -0.15) is 0 Å². The molecule has 0 unspecified atom stereocenters. The maximum absolute atomic E-state index is 12.2. The van der Waals surface area contributed by atoms with E-state index in [4.69, 9.17) is 5.11 Å². The van der Waals surface area contributed by atoms with Crippen molar-refractivity contribution in [1.29, 1.82) is 0 Å². The minimum absolute atomic E-state index is 0.0390. The molecule has 2 aliphatic rings. The quantitative estimate of drug-likeness (QED) is 0.630. The van der Waals surface area contributed by atoms with Crippen molar-refractivity contribution in [3.63, 3.8) is 0 Å². The van der Waals surface area contributed by atoms with Gasteiger partial charge in [0.25, 0.3) is 5.91 Å². The zero-order chi connectivity index (χ0) is 17.4. The lowest BCUT2D eigenvalue weighted by Gasteiger charge is -2.49. The molecule has 0 saturated carbocycles. The number of rotatable bonds is 5. The molecule has 1 fully saturated rings. The number of carbonyl (C=O) groups is 4. The first-order valence-electron chi connectivity index (χ1n) is 6.86. The van der Waals surface area contributed by atoms with Gasteiger partial charge < -0.3 is 15.5 Å². The number of nitrogens with one attached hydrogen (secondary N) is 1. The standard InChI is InChI=1S/C14H12N2O6S2/c17-8(4-6-2-1-3-23-6)15-9-11(18)16-10(14(21)22)7(13(19)20)5-24-12(9)16/h1-3,9,12H,4-5H2,(H,15,17)(H,19,20)(H,21,22)/t9-,12-/m1/s1. The number of thiophene rings is 1. The molecule has 0 spiro atoms. The first kappa shape index (κ1) is 16.5. The zero-order valence-corrected chi connectivity index (χ0v) is 13.7. The number of carboxylic acid groups (broad SMARTS) is 2. The van der Waals surface area contributed by atoms with Gasteiger partial charge in [0.1, 0.15) is 17.1 Å². The highest BCUT2D eigenvalue weighted by Gasteiger charge is 2.54. The molecule has 2 atom stereocenters. The predicted molar refractivity (Wildman–Crippen MR) is 85.3 cm³/mol. The number of thioether (sulfide) groups is 1. The molecule has 1 saturated heterocycles. The van der Waals surface area contributed by atoms with Crippen molar-refractivity contribution in [3.05, 3.63) is 33.7 Å². The number of β-lactam (4-membered cyclic amide) rings is 1. The van der Waals surface area contributed by atoms with Crippen LogP contribution in [-0.2, 0) is 25.6 Å². The Morgan fingerprint density at radius 1 is 1.29 bits per heavy atom. The van der Waals surface area contributed by atoms with Crippen molar-refractivity contribution in [3.8, 4) is 0 Å². The van der Waals surface area contributed by atoms with Gasteiger partial charge in [-0.3, -0.25) is 14.5 Å². The Morgan fingerprint density at radius 2 is 2.04 bits per heavy atom.